The fourth-order valence-electron chi connectivity index (χ4n) is 2.37. The molecule has 1 aromatic heterocycles. The molecule has 0 aliphatic heterocycles. The highest BCUT2D eigenvalue weighted by Gasteiger charge is 2.10. The molecule has 2 aromatic carbocycles. The summed E-state index contributed by atoms with van der Waals surface area (Å²) in [5.41, 5.74) is 1.76. The molecule has 0 bridgehead atoms. The van der Waals surface area contributed by atoms with E-state index in [4.69, 9.17) is 4.74 Å². The predicted molar refractivity (Wildman–Crippen MR) is 93.1 cm³/mol. The van der Waals surface area contributed by atoms with Gasteiger partial charge in [0, 0.05) is 5.56 Å². The molecule has 0 spiro atoms. The second-order valence-corrected chi connectivity index (χ2v) is 5.36. The maximum Gasteiger partial charge on any atom is 0.279 e. The summed E-state index contributed by atoms with van der Waals surface area (Å²) in [6.45, 7) is 1.99. The Labute approximate surface area is 139 Å². The average Bonchev–Trinajstić information content (AvgIpc) is 2.63. The van der Waals surface area contributed by atoms with Gasteiger partial charge in [-0.25, -0.2) is 0 Å². The Bertz CT molecular complexity index is 860. The standard InChI is InChI=1S/C18H18N4O2/c1-12(13-6-4-3-5-7-13)19-18-20-17(23)16(21-22-18)14-8-10-15(24-2)11-9-14/h3-12H,1-2H3,(H2,19,20,22,23). The highest BCUT2D eigenvalue weighted by atomic mass is 16.5. The summed E-state index contributed by atoms with van der Waals surface area (Å²) >= 11 is 0. The van der Waals surface area contributed by atoms with Crippen molar-refractivity contribution in [3.63, 3.8) is 0 Å². The number of nitrogens with one attached hydrogen (secondary N) is 2. The van der Waals surface area contributed by atoms with E-state index in [1.807, 2.05) is 37.3 Å². The zero-order valence-corrected chi connectivity index (χ0v) is 13.5. The molecule has 0 aliphatic rings. The number of nitrogens with zero attached hydrogens (tertiary/aromatic N) is 2. The Kier molecular flexibility index (Phi) is 4.56. The molecule has 0 saturated carbocycles. The van der Waals surface area contributed by atoms with E-state index < -0.39 is 0 Å². The Balaban J connectivity index is 1.80. The molecule has 3 aromatic rings. The van der Waals surface area contributed by atoms with Crippen LogP contribution in [0.3, 0.4) is 0 Å². The second-order valence-electron chi connectivity index (χ2n) is 5.36. The van der Waals surface area contributed by atoms with Crippen LogP contribution >= 0.6 is 0 Å². The maximum atomic E-state index is 12.3. The maximum absolute atomic E-state index is 12.3. The first-order chi connectivity index (χ1) is 11.7. The molecule has 122 valence electrons. The van der Waals surface area contributed by atoms with Crippen LogP contribution in [0.15, 0.2) is 59.4 Å². The molecule has 0 aliphatic carbocycles. The summed E-state index contributed by atoms with van der Waals surface area (Å²) in [5, 5.41) is 11.3. The van der Waals surface area contributed by atoms with E-state index in [1.165, 1.54) is 0 Å². The van der Waals surface area contributed by atoms with E-state index in [0.717, 1.165) is 11.3 Å². The van der Waals surface area contributed by atoms with Crippen molar-refractivity contribution in [3.05, 3.63) is 70.5 Å². The van der Waals surface area contributed by atoms with Gasteiger partial charge in [0.1, 0.15) is 5.75 Å². The smallest absolute Gasteiger partial charge is 0.279 e. The van der Waals surface area contributed by atoms with Crippen molar-refractivity contribution in [2.45, 2.75) is 13.0 Å². The summed E-state index contributed by atoms with van der Waals surface area (Å²) < 4.78 is 5.11. The van der Waals surface area contributed by atoms with Crippen LogP contribution in [0.2, 0.25) is 0 Å². The van der Waals surface area contributed by atoms with Crippen molar-refractivity contribution in [3.8, 4) is 17.0 Å². The van der Waals surface area contributed by atoms with Gasteiger partial charge in [0.15, 0.2) is 5.69 Å². The summed E-state index contributed by atoms with van der Waals surface area (Å²) in [6.07, 6.45) is 0. The first-order valence-corrected chi connectivity index (χ1v) is 7.60. The molecule has 1 unspecified atom stereocenters. The van der Waals surface area contributed by atoms with E-state index >= 15 is 0 Å². The summed E-state index contributed by atoms with van der Waals surface area (Å²) in [4.78, 5) is 15.0. The number of rotatable bonds is 5. The lowest BCUT2D eigenvalue weighted by molar-refractivity contribution is 0.415. The van der Waals surface area contributed by atoms with Gasteiger partial charge in [-0.15, -0.1) is 10.2 Å². The zero-order valence-electron chi connectivity index (χ0n) is 13.5. The van der Waals surface area contributed by atoms with Crippen LogP contribution in [0.4, 0.5) is 5.95 Å². The van der Waals surface area contributed by atoms with E-state index in [0.29, 0.717) is 11.5 Å². The topological polar surface area (TPSA) is 79.9 Å². The Hall–Kier alpha value is -3.15. The van der Waals surface area contributed by atoms with Crippen LogP contribution in [0.25, 0.3) is 11.3 Å². The highest BCUT2D eigenvalue weighted by molar-refractivity contribution is 5.59. The third-order valence-corrected chi connectivity index (χ3v) is 3.71. The molecule has 1 heterocycles. The van der Waals surface area contributed by atoms with E-state index in [9.17, 15) is 4.79 Å². The van der Waals surface area contributed by atoms with Crippen molar-refractivity contribution in [1.82, 2.24) is 15.2 Å². The van der Waals surface area contributed by atoms with Crippen molar-refractivity contribution >= 4 is 5.95 Å². The summed E-state index contributed by atoms with van der Waals surface area (Å²) in [7, 11) is 1.59. The van der Waals surface area contributed by atoms with Gasteiger partial charge in [0.25, 0.3) is 5.56 Å². The molecule has 2 N–H and O–H groups in total. The lowest BCUT2D eigenvalue weighted by Crippen LogP contribution is -2.18. The Morgan fingerprint density at radius 2 is 1.75 bits per heavy atom. The fourth-order valence-corrected chi connectivity index (χ4v) is 2.37. The minimum Gasteiger partial charge on any atom is -0.497 e. The normalized spacial score (nSPS) is 11.8. The Morgan fingerprint density at radius 1 is 1.04 bits per heavy atom. The van der Waals surface area contributed by atoms with E-state index in [1.54, 1.807) is 31.4 Å². The van der Waals surface area contributed by atoms with Crippen LogP contribution in [-0.4, -0.2) is 22.3 Å². The molecule has 6 heteroatoms. The van der Waals surface area contributed by atoms with Gasteiger partial charge in [0.2, 0.25) is 5.95 Å². The number of hydrogen-bond acceptors (Lipinski definition) is 5. The van der Waals surface area contributed by atoms with Crippen molar-refractivity contribution in [1.29, 1.82) is 0 Å². The predicted octanol–water partition coefficient (Wildman–Crippen LogP) is 3.01. The molecule has 1 atom stereocenters. The van der Waals surface area contributed by atoms with Gasteiger partial charge < -0.3 is 10.1 Å². The molecular formula is C18H18N4O2. The first-order valence-electron chi connectivity index (χ1n) is 7.60. The largest absolute Gasteiger partial charge is 0.497 e. The molecule has 3 rings (SSSR count). The molecular weight excluding hydrogens is 304 g/mol. The quantitative estimate of drug-likeness (QED) is 0.755. The van der Waals surface area contributed by atoms with Gasteiger partial charge in [-0.1, -0.05) is 30.3 Å². The average molecular weight is 322 g/mol. The van der Waals surface area contributed by atoms with Crippen LogP contribution in [0, 0.1) is 0 Å². The van der Waals surface area contributed by atoms with E-state index in [-0.39, 0.29) is 17.3 Å². The molecule has 24 heavy (non-hydrogen) atoms. The monoisotopic (exact) mass is 322 g/mol. The Morgan fingerprint density at radius 3 is 2.38 bits per heavy atom. The number of H-pyrrole nitrogens is 1. The number of hydrogen-bond donors (Lipinski definition) is 2. The summed E-state index contributed by atoms with van der Waals surface area (Å²) in [6, 6.07) is 17.0. The first kappa shape index (κ1) is 15.7. The lowest BCUT2D eigenvalue weighted by atomic mass is 10.1. The van der Waals surface area contributed by atoms with Gasteiger partial charge in [-0.3, -0.25) is 9.78 Å². The van der Waals surface area contributed by atoms with Crippen LogP contribution < -0.4 is 15.6 Å². The zero-order chi connectivity index (χ0) is 16.9. The third kappa shape index (κ3) is 3.43. The molecule has 0 fully saturated rings. The minimum absolute atomic E-state index is 0.00277. The second kappa shape index (κ2) is 6.95. The van der Waals surface area contributed by atoms with E-state index in [2.05, 4.69) is 20.5 Å². The highest BCUT2D eigenvalue weighted by Crippen LogP contribution is 2.18. The van der Waals surface area contributed by atoms with Gasteiger partial charge >= 0.3 is 0 Å². The number of ether oxygens (including phenoxy) is 1. The number of anilines is 1. The van der Waals surface area contributed by atoms with Gasteiger partial charge in [-0.2, -0.15) is 0 Å². The lowest BCUT2D eigenvalue weighted by Gasteiger charge is -2.14. The molecule has 0 radical (unpaired) electrons. The summed E-state index contributed by atoms with van der Waals surface area (Å²) in [5.74, 6) is 1.06. The number of aromatic nitrogens is 3. The van der Waals surface area contributed by atoms with Crippen molar-refractivity contribution in [2.75, 3.05) is 12.4 Å². The van der Waals surface area contributed by atoms with Crippen molar-refractivity contribution in [2.24, 2.45) is 0 Å². The van der Waals surface area contributed by atoms with Gasteiger partial charge in [-0.05, 0) is 36.8 Å². The van der Waals surface area contributed by atoms with Crippen LogP contribution in [0.1, 0.15) is 18.5 Å². The van der Waals surface area contributed by atoms with Crippen LogP contribution in [0.5, 0.6) is 5.75 Å². The number of aromatic amines is 1. The fraction of sp³-hybridized carbons (Fsp3) is 0.167. The van der Waals surface area contributed by atoms with Crippen LogP contribution in [-0.2, 0) is 0 Å². The van der Waals surface area contributed by atoms with Gasteiger partial charge in [0.05, 0.1) is 13.2 Å². The molecule has 0 amide bonds. The van der Waals surface area contributed by atoms with Crippen molar-refractivity contribution < 1.29 is 4.74 Å². The molecule has 6 nitrogen and oxygen atoms in total. The minimum atomic E-state index is -0.294. The third-order valence-electron chi connectivity index (χ3n) is 3.71. The SMILES string of the molecule is COc1ccc(-c2nnc(NC(C)c3ccccc3)[nH]c2=O)cc1. The molecule has 0 saturated heterocycles. The number of methoxy groups -OCH3 is 1. The number of benzene rings is 2.